The number of hydrogen-bond acceptors (Lipinski definition) is 3. The lowest BCUT2D eigenvalue weighted by Crippen LogP contribution is -1.96. The molecule has 1 aromatic carbocycles. The van der Waals surface area contributed by atoms with Crippen molar-refractivity contribution in [1.82, 2.24) is 4.98 Å². The quantitative estimate of drug-likeness (QED) is 0.631. The summed E-state index contributed by atoms with van der Waals surface area (Å²) in [5.41, 5.74) is 1.31. The maximum absolute atomic E-state index is 11.9. The van der Waals surface area contributed by atoms with E-state index in [0.717, 1.165) is 5.56 Å². The van der Waals surface area contributed by atoms with Crippen LogP contribution in [0, 0.1) is 0 Å². The van der Waals surface area contributed by atoms with Crippen LogP contribution in [0.3, 0.4) is 0 Å². The van der Waals surface area contributed by atoms with Crippen LogP contribution in [0.1, 0.15) is 15.9 Å². The molecule has 0 saturated carbocycles. The summed E-state index contributed by atoms with van der Waals surface area (Å²) < 4.78 is 4.94. The summed E-state index contributed by atoms with van der Waals surface area (Å²) in [6.45, 7) is 0. The summed E-state index contributed by atoms with van der Waals surface area (Å²) in [5, 5.41) is 0.611. The highest BCUT2D eigenvalue weighted by Gasteiger charge is 2.03. The highest BCUT2D eigenvalue weighted by Crippen LogP contribution is 2.17. The number of carbonyl (C=O) groups excluding carboxylic acids is 1. The van der Waals surface area contributed by atoms with Gasteiger partial charge in [0.15, 0.2) is 5.78 Å². The van der Waals surface area contributed by atoms with Crippen molar-refractivity contribution in [3.63, 3.8) is 0 Å². The molecule has 2 aromatic rings. The molecule has 19 heavy (non-hydrogen) atoms. The maximum atomic E-state index is 11.9. The Morgan fingerprint density at radius 1 is 1.26 bits per heavy atom. The zero-order valence-electron chi connectivity index (χ0n) is 10.3. The topological polar surface area (TPSA) is 39.2 Å². The van der Waals surface area contributed by atoms with Crippen LogP contribution in [0.5, 0.6) is 5.88 Å². The Bertz CT molecular complexity index is 606. The average Bonchev–Trinajstić information content (AvgIpc) is 2.46. The van der Waals surface area contributed by atoms with Gasteiger partial charge in [0.05, 0.1) is 7.11 Å². The van der Waals surface area contributed by atoms with Crippen molar-refractivity contribution in [3.05, 3.63) is 64.8 Å². The predicted molar refractivity (Wildman–Crippen MR) is 75.6 cm³/mol. The third-order valence-corrected chi connectivity index (χ3v) is 2.89. The summed E-state index contributed by atoms with van der Waals surface area (Å²) in [4.78, 5) is 15.9. The van der Waals surface area contributed by atoms with Crippen LogP contribution in [0.15, 0.2) is 48.7 Å². The third kappa shape index (κ3) is 3.42. The van der Waals surface area contributed by atoms with Crippen LogP contribution in [-0.4, -0.2) is 17.9 Å². The molecule has 0 radical (unpaired) electrons. The fourth-order valence-electron chi connectivity index (χ4n) is 1.52. The van der Waals surface area contributed by atoms with Crippen molar-refractivity contribution in [2.24, 2.45) is 0 Å². The molecule has 2 rings (SSSR count). The Labute approximate surface area is 116 Å². The van der Waals surface area contributed by atoms with Gasteiger partial charge in [-0.05, 0) is 29.8 Å². The zero-order chi connectivity index (χ0) is 13.7. The lowest BCUT2D eigenvalue weighted by atomic mass is 10.1. The van der Waals surface area contributed by atoms with Gasteiger partial charge in [-0.1, -0.05) is 29.8 Å². The summed E-state index contributed by atoms with van der Waals surface area (Å²) >= 11 is 6.00. The van der Waals surface area contributed by atoms with E-state index in [1.165, 1.54) is 19.4 Å². The molecule has 0 amide bonds. The monoisotopic (exact) mass is 273 g/mol. The minimum Gasteiger partial charge on any atom is -0.481 e. The largest absolute Gasteiger partial charge is 0.481 e. The number of nitrogens with zero attached hydrogens (tertiary/aromatic N) is 1. The smallest absolute Gasteiger partial charge is 0.212 e. The molecular formula is C15H12ClNO2. The molecule has 0 saturated heterocycles. The first-order valence-electron chi connectivity index (χ1n) is 5.67. The van der Waals surface area contributed by atoms with Gasteiger partial charge >= 0.3 is 0 Å². The highest BCUT2D eigenvalue weighted by molar-refractivity contribution is 6.32. The van der Waals surface area contributed by atoms with Crippen molar-refractivity contribution in [2.45, 2.75) is 0 Å². The minimum atomic E-state index is -0.130. The van der Waals surface area contributed by atoms with Crippen molar-refractivity contribution < 1.29 is 9.53 Å². The SMILES string of the molecule is COc1ccc(C(=O)C=Cc2ccccc2Cl)cn1. The van der Waals surface area contributed by atoms with Crippen molar-refractivity contribution in [1.29, 1.82) is 0 Å². The van der Waals surface area contributed by atoms with Crippen LogP contribution in [0.2, 0.25) is 5.02 Å². The Morgan fingerprint density at radius 2 is 2.05 bits per heavy atom. The van der Waals surface area contributed by atoms with E-state index in [0.29, 0.717) is 16.5 Å². The number of hydrogen-bond donors (Lipinski definition) is 0. The second-order valence-corrected chi connectivity index (χ2v) is 4.22. The molecule has 0 N–H and O–H groups in total. The van der Waals surface area contributed by atoms with Crippen molar-refractivity contribution in [2.75, 3.05) is 7.11 Å². The van der Waals surface area contributed by atoms with Gasteiger partial charge < -0.3 is 4.74 Å². The number of allylic oxidation sites excluding steroid dienone is 1. The lowest BCUT2D eigenvalue weighted by Gasteiger charge is -1.99. The number of ether oxygens (including phenoxy) is 1. The molecule has 3 nitrogen and oxygen atoms in total. The van der Waals surface area contributed by atoms with Crippen LogP contribution in [-0.2, 0) is 0 Å². The molecular weight excluding hydrogens is 262 g/mol. The molecule has 1 heterocycles. The Kier molecular flexibility index (Phi) is 4.31. The number of methoxy groups -OCH3 is 1. The summed E-state index contributed by atoms with van der Waals surface area (Å²) in [5.74, 6) is 0.349. The molecule has 0 aliphatic rings. The van der Waals surface area contributed by atoms with Crippen LogP contribution < -0.4 is 4.74 Å². The van der Waals surface area contributed by atoms with Gasteiger partial charge in [0.2, 0.25) is 5.88 Å². The van der Waals surface area contributed by atoms with E-state index in [-0.39, 0.29) is 5.78 Å². The number of benzene rings is 1. The molecule has 0 atom stereocenters. The Hall–Kier alpha value is -2.13. The van der Waals surface area contributed by atoms with Crippen LogP contribution >= 0.6 is 11.6 Å². The normalized spacial score (nSPS) is 10.6. The van der Waals surface area contributed by atoms with Crippen molar-refractivity contribution >= 4 is 23.5 Å². The predicted octanol–water partition coefficient (Wildman–Crippen LogP) is 3.64. The molecule has 4 heteroatoms. The Morgan fingerprint density at radius 3 is 2.68 bits per heavy atom. The van der Waals surface area contributed by atoms with E-state index in [1.807, 2.05) is 18.2 Å². The highest BCUT2D eigenvalue weighted by atomic mass is 35.5. The van der Waals surface area contributed by atoms with Crippen LogP contribution in [0.4, 0.5) is 0 Å². The van der Waals surface area contributed by atoms with E-state index in [2.05, 4.69) is 4.98 Å². The first-order chi connectivity index (χ1) is 9.20. The number of pyridine rings is 1. The molecule has 0 aliphatic heterocycles. The van der Waals surface area contributed by atoms with Gasteiger partial charge in [-0.15, -0.1) is 0 Å². The van der Waals surface area contributed by atoms with E-state index >= 15 is 0 Å². The maximum Gasteiger partial charge on any atom is 0.212 e. The summed E-state index contributed by atoms with van der Waals surface area (Å²) in [6, 6.07) is 10.7. The van der Waals surface area contributed by atoms with Gasteiger partial charge in [-0.2, -0.15) is 0 Å². The average molecular weight is 274 g/mol. The molecule has 0 unspecified atom stereocenters. The fourth-order valence-corrected chi connectivity index (χ4v) is 1.72. The Balaban J connectivity index is 2.14. The van der Waals surface area contributed by atoms with Crippen LogP contribution in [0.25, 0.3) is 6.08 Å². The molecule has 1 aromatic heterocycles. The first kappa shape index (κ1) is 13.3. The summed E-state index contributed by atoms with van der Waals surface area (Å²) in [6.07, 6.45) is 4.65. The van der Waals surface area contributed by atoms with Gasteiger partial charge in [-0.3, -0.25) is 4.79 Å². The van der Waals surface area contributed by atoms with Gasteiger partial charge in [0.1, 0.15) is 0 Å². The number of halogens is 1. The molecule has 0 aliphatic carbocycles. The van der Waals surface area contributed by atoms with Gasteiger partial charge in [0.25, 0.3) is 0 Å². The number of aromatic nitrogens is 1. The fraction of sp³-hybridized carbons (Fsp3) is 0.0667. The number of carbonyl (C=O) groups is 1. The third-order valence-electron chi connectivity index (χ3n) is 2.55. The van der Waals surface area contributed by atoms with E-state index in [4.69, 9.17) is 16.3 Å². The molecule has 0 bridgehead atoms. The number of ketones is 1. The summed E-state index contributed by atoms with van der Waals surface area (Å²) in [7, 11) is 1.53. The van der Waals surface area contributed by atoms with Gasteiger partial charge in [-0.25, -0.2) is 4.98 Å². The zero-order valence-corrected chi connectivity index (χ0v) is 11.1. The van der Waals surface area contributed by atoms with Crippen molar-refractivity contribution in [3.8, 4) is 5.88 Å². The number of rotatable bonds is 4. The van der Waals surface area contributed by atoms with E-state index in [9.17, 15) is 4.79 Å². The lowest BCUT2D eigenvalue weighted by molar-refractivity contribution is 0.104. The van der Waals surface area contributed by atoms with E-state index < -0.39 is 0 Å². The first-order valence-corrected chi connectivity index (χ1v) is 6.05. The van der Waals surface area contributed by atoms with E-state index in [1.54, 1.807) is 24.3 Å². The second-order valence-electron chi connectivity index (χ2n) is 3.81. The molecule has 0 spiro atoms. The molecule has 0 fully saturated rings. The molecule has 96 valence electrons. The van der Waals surface area contributed by atoms with Gasteiger partial charge in [0, 0.05) is 22.8 Å². The standard InChI is InChI=1S/C15H12ClNO2/c1-19-15-9-7-12(10-17-15)14(18)8-6-11-4-2-3-5-13(11)16/h2-10H,1H3. The second kappa shape index (κ2) is 6.16. The minimum absolute atomic E-state index is 0.130.